The summed E-state index contributed by atoms with van der Waals surface area (Å²) in [5, 5.41) is 0. The molecule has 1 fully saturated rings. The highest BCUT2D eigenvalue weighted by Gasteiger charge is 2.73. The van der Waals surface area contributed by atoms with E-state index in [-0.39, 0.29) is 16.7 Å². The zero-order valence-electron chi connectivity index (χ0n) is 25.1. The van der Waals surface area contributed by atoms with Crippen molar-refractivity contribution in [1.82, 2.24) is 0 Å². The summed E-state index contributed by atoms with van der Waals surface area (Å²) >= 11 is 0. The van der Waals surface area contributed by atoms with Crippen molar-refractivity contribution in [2.75, 3.05) is 0 Å². The van der Waals surface area contributed by atoms with Crippen LogP contribution in [0.15, 0.2) is 194 Å². The minimum absolute atomic E-state index is 0.192. The molecule has 0 N–H and O–H groups in total. The third-order valence-electron chi connectivity index (χ3n) is 9.45. The lowest BCUT2D eigenvalue weighted by molar-refractivity contribution is 0.617. The second kappa shape index (κ2) is 11.8. The molecule has 6 aromatic carbocycles. The van der Waals surface area contributed by atoms with Gasteiger partial charge in [0.15, 0.2) is 0 Å². The Bertz CT molecular complexity index is 1750. The third kappa shape index (κ3) is 4.83. The van der Waals surface area contributed by atoms with Gasteiger partial charge in [0.2, 0.25) is 0 Å². The van der Waals surface area contributed by atoms with Crippen LogP contribution in [0, 0.1) is 11.3 Å². The summed E-state index contributed by atoms with van der Waals surface area (Å²) in [5.74, 6) is 0.192. The van der Waals surface area contributed by atoms with Gasteiger partial charge in [-0.05, 0) is 44.5 Å². The summed E-state index contributed by atoms with van der Waals surface area (Å²) in [6.45, 7) is 2.47. The minimum atomic E-state index is -0.265. The molecule has 0 bridgehead atoms. The highest BCUT2D eigenvalue weighted by atomic mass is 14.7. The molecule has 0 saturated heterocycles. The first-order valence-corrected chi connectivity index (χ1v) is 15.5. The smallest absolute Gasteiger partial charge is 0.0368 e. The van der Waals surface area contributed by atoms with Gasteiger partial charge in [0.05, 0.1) is 0 Å². The fourth-order valence-corrected chi connectivity index (χ4v) is 7.36. The molecule has 2 atom stereocenters. The Balaban J connectivity index is 1.53. The number of benzene rings is 6. The largest absolute Gasteiger partial charge is 0.0708 e. The molecule has 1 saturated carbocycles. The van der Waals surface area contributed by atoms with Crippen molar-refractivity contribution in [3.63, 3.8) is 0 Å². The van der Waals surface area contributed by atoms with Crippen LogP contribution in [0.2, 0.25) is 0 Å². The molecule has 44 heavy (non-hydrogen) atoms. The second-order valence-corrected chi connectivity index (χ2v) is 11.9. The van der Waals surface area contributed by atoms with Crippen molar-refractivity contribution in [3.05, 3.63) is 228 Å². The molecule has 1 aliphatic rings. The molecule has 0 nitrogen and oxygen atoms in total. The molecule has 6 aromatic rings. The Morgan fingerprint density at radius 3 is 1.05 bits per heavy atom. The number of hydrogen-bond donors (Lipinski definition) is 0. The van der Waals surface area contributed by atoms with E-state index in [0.717, 1.165) is 0 Å². The average Bonchev–Trinajstić information content (AvgIpc) is 3.65. The molecule has 0 spiro atoms. The molecule has 0 aliphatic heterocycles. The van der Waals surface area contributed by atoms with Gasteiger partial charge in [0.25, 0.3) is 0 Å². The summed E-state index contributed by atoms with van der Waals surface area (Å²) in [5.41, 5.74) is 9.65. The summed E-state index contributed by atoms with van der Waals surface area (Å²) in [6, 6.07) is 65.7. The van der Waals surface area contributed by atoms with Crippen molar-refractivity contribution >= 4 is 11.1 Å². The van der Waals surface area contributed by atoms with Gasteiger partial charge in [-0.3, -0.25) is 0 Å². The predicted octanol–water partition coefficient (Wildman–Crippen LogP) is 10.9. The molecular formula is C44H36. The normalized spacial score (nSPS) is 18.2. The zero-order chi connectivity index (χ0) is 29.8. The molecule has 7 rings (SSSR count). The van der Waals surface area contributed by atoms with Crippen LogP contribution in [-0.4, -0.2) is 0 Å². The van der Waals surface area contributed by atoms with Crippen molar-refractivity contribution in [2.24, 2.45) is 11.3 Å². The Hall–Kier alpha value is -5.20. The fourth-order valence-electron chi connectivity index (χ4n) is 7.36. The highest BCUT2D eigenvalue weighted by Crippen LogP contribution is 2.75. The standard InChI is InChI=1S/C44H36/c1-43(33-41(36-24-12-4-13-25-36)37-26-14-5-15-27-37)42(32-40(34-20-8-2-9-21-34)35-22-10-3-11-23-35)44(43,38-28-16-6-17-29-38)39-30-18-7-19-31-39/h2-33,42H,1H3/t42-,43+/m1/s1. The van der Waals surface area contributed by atoms with Gasteiger partial charge in [-0.2, -0.15) is 0 Å². The van der Waals surface area contributed by atoms with Gasteiger partial charge in [-0.25, -0.2) is 0 Å². The van der Waals surface area contributed by atoms with Crippen molar-refractivity contribution in [2.45, 2.75) is 12.3 Å². The van der Waals surface area contributed by atoms with Gasteiger partial charge in [-0.1, -0.05) is 201 Å². The first kappa shape index (κ1) is 27.6. The van der Waals surface area contributed by atoms with Crippen LogP contribution in [-0.2, 0) is 5.41 Å². The van der Waals surface area contributed by atoms with Crippen LogP contribution in [0.5, 0.6) is 0 Å². The number of hydrogen-bond acceptors (Lipinski definition) is 0. The van der Waals surface area contributed by atoms with E-state index in [9.17, 15) is 0 Å². The number of allylic oxidation sites excluding steroid dienone is 2. The Labute approximate surface area is 261 Å². The maximum absolute atomic E-state index is 2.58. The zero-order valence-corrected chi connectivity index (χ0v) is 25.1. The second-order valence-electron chi connectivity index (χ2n) is 11.9. The maximum Gasteiger partial charge on any atom is 0.0368 e. The molecule has 0 radical (unpaired) electrons. The molecular weight excluding hydrogens is 528 g/mol. The highest BCUT2D eigenvalue weighted by molar-refractivity contribution is 5.84. The van der Waals surface area contributed by atoms with Crippen LogP contribution < -0.4 is 0 Å². The van der Waals surface area contributed by atoms with Gasteiger partial charge in [0, 0.05) is 16.7 Å². The predicted molar refractivity (Wildman–Crippen MR) is 185 cm³/mol. The first-order chi connectivity index (χ1) is 21.7. The van der Waals surface area contributed by atoms with Crippen LogP contribution in [0.3, 0.4) is 0 Å². The van der Waals surface area contributed by atoms with E-state index >= 15 is 0 Å². The van der Waals surface area contributed by atoms with Crippen molar-refractivity contribution < 1.29 is 0 Å². The summed E-state index contributed by atoms with van der Waals surface area (Å²) < 4.78 is 0. The fraction of sp³-hybridized carbons (Fsp3) is 0.0909. The average molecular weight is 565 g/mol. The SMILES string of the molecule is C[C@]1(C=C(c2ccccc2)c2ccccc2)[C@@H](C=C(c2ccccc2)c2ccccc2)C1(c1ccccc1)c1ccccc1. The molecule has 212 valence electrons. The van der Waals surface area contributed by atoms with Crippen LogP contribution in [0.1, 0.15) is 40.3 Å². The summed E-state index contributed by atoms with van der Waals surface area (Å²) in [4.78, 5) is 0. The molecule has 1 aliphatic carbocycles. The van der Waals surface area contributed by atoms with E-state index in [4.69, 9.17) is 0 Å². The minimum Gasteiger partial charge on any atom is -0.0708 e. The lowest BCUT2D eigenvalue weighted by Crippen LogP contribution is -2.18. The molecule has 0 heterocycles. The lowest BCUT2D eigenvalue weighted by atomic mass is 9.79. The lowest BCUT2D eigenvalue weighted by Gasteiger charge is -2.24. The van der Waals surface area contributed by atoms with Crippen LogP contribution >= 0.6 is 0 Å². The Kier molecular flexibility index (Phi) is 7.42. The van der Waals surface area contributed by atoms with E-state index < -0.39 is 0 Å². The van der Waals surface area contributed by atoms with Crippen molar-refractivity contribution in [1.29, 1.82) is 0 Å². The topological polar surface area (TPSA) is 0 Å². The molecule has 0 amide bonds. The van der Waals surface area contributed by atoms with E-state index in [0.29, 0.717) is 0 Å². The quantitative estimate of drug-likeness (QED) is 0.172. The monoisotopic (exact) mass is 564 g/mol. The van der Waals surface area contributed by atoms with E-state index in [1.807, 2.05) is 0 Å². The van der Waals surface area contributed by atoms with Crippen LogP contribution in [0.25, 0.3) is 11.1 Å². The van der Waals surface area contributed by atoms with E-state index in [2.05, 4.69) is 201 Å². The van der Waals surface area contributed by atoms with Crippen molar-refractivity contribution in [3.8, 4) is 0 Å². The van der Waals surface area contributed by atoms with Gasteiger partial charge in [-0.15, -0.1) is 0 Å². The third-order valence-corrected chi connectivity index (χ3v) is 9.45. The van der Waals surface area contributed by atoms with Crippen LogP contribution in [0.4, 0.5) is 0 Å². The molecule has 0 heteroatoms. The first-order valence-electron chi connectivity index (χ1n) is 15.5. The van der Waals surface area contributed by atoms with E-state index in [1.54, 1.807) is 0 Å². The van der Waals surface area contributed by atoms with Gasteiger partial charge < -0.3 is 0 Å². The Morgan fingerprint density at radius 2 is 0.705 bits per heavy atom. The summed E-state index contributed by atoms with van der Waals surface area (Å²) in [6.07, 6.45) is 5.14. The van der Waals surface area contributed by atoms with Gasteiger partial charge >= 0.3 is 0 Å². The Morgan fingerprint density at radius 1 is 0.409 bits per heavy atom. The summed E-state index contributed by atoms with van der Waals surface area (Å²) in [7, 11) is 0. The maximum atomic E-state index is 2.58. The van der Waals surface area contributed by atoms with E-state index in [1.165, 1.54) is 44.5 Å². The number of rotatable bonds is 8. The molecule has 0 aromatic heterocycles. The molecule has 0 unspecified atom stereocenters. The van der Waals surface area contributed by atoms with Gasteiger partial charge in [0.1, 0.15) is 0 Å².